The zero-order chi connectivity index (χ0) is 27.5. The standard InChI is InChI=1S/C32H36N2O4/c1-5-13-24-14-12-16-26(22-24)29(33(4)31(36)28-18-10-11-19-30(28)38-23-35)21-20-25-15-8-9-17-27(25)32(37)34(6-2)7-3/h5,8-19,22-23,29H,6-7,20-21H2,1-4H3/b13-5+. The van der Waals surface area contributed by atoms with Crippen LogP contribution in [0.3, 0.4) is 0 Å². The van der Waals surface area contributed by atoms with E-state index in [1.165, 1.54) is 0 Å². The van der Waals surface area contributed by atoms with Crippen LogP contribution < -0.4 is 4.74 Å². The monoisotopic (exact) mass is 512 g/mol. The largest absolute Gasteiger partial charge is 0.428 e. The van der Waals surface area contributed by atoms with E-state index >= 15 is 0 Å². The highest BCUT2D eigenvalue weighted by Crippen LogP contribution is 2.30. The van der Waals surface area contributed by atoms with Gasteiger partial charge in [0.1, 0.15) is 5.75 Å². The van der Waals surface area contributed by atoms with Crippen molar-refractivity contribution < 1.29 is 19.1 Å². The number of carbonyl (C=O) groups excluding carboxylic acids is 3. The van der Waals surface area contributed by atoms with Crippen LogP contribution in [0, 0.1) is 0 Å². The molecule has 6 heteroatoms. The van der Waals surface area contributed by atoms with Gasteiger partial charge >= 0.3 is 0 Å². The van der Waals surface area contributed by atoms with Gasteiger partial charge in [-0.05, 0) is 74.6 Å². The number of carbonyl (C=O) groups is 3. The molecule has 3 aromatic carbocycles. The summed E-state index contributed by atoms with van der Waals surface area (Å²) in [5.41, 5.74) is 3.98. The SMILES string of the molecule is C/C=C/c1cccc(C(CCc2ccccc2C(=O)N(CC)CC)N(C)C(=O)c2ccccc2OC=O)c1. The lowest BCUT2D eigenvalue weighted by Crippen LogP contribution is -2.33. The second-order valence-electron chi connectivity index (χ2n) is 8.99. The van der Waals surface area contributed by atoms with Crippen LogP contribution >= 0.6 is 0 Å². The highest BCUT2D eigenvalue weighted by Gasteiger charge is 2.26. The summed E-state index contributed by atoms with van der Waals surface area (Å²) < 4.78 is 5.08. The molecule has 6 nitrogen and oxygen atoms in total. The number of hydrogen-bond acceptors (Lipinski definition) is 4. The van der Waals surface area contributed by atoms with Crippen molar-refractivity contribution in [3.05, 3.63) is 107 Å². The molecular formula is C32H36N2O4. The topological polar surface area (TPSA) is 66.9 Å². The van der Waals surface area contributed by atoms with E-state index in [4.69, 9.17) is 4.74 Å². The van der Waals surface area contributed by atoms with Gasteiger partial charge in [0.2, 0.25) is 0 Å². The first-order chi connectivity index (χ1) is 18.4. The van der Waals surface area contributed by atoms with Crippen molar-refractivity contribution in [1.29, 1.82) is 0 Å². The van der Waals surface area contributed by atoms with Crippen LogP contribution in [0.2, 0.25) is 0 Å². The van der Waals surface area contributed by atoms with Crippen molar-refractivity contribution in [3.8, 4) is 5.75 Å². The van der Waals surface area contributed by atoms with Gasteiger partial charge in [-0.1, -0.05) is 60.7 Å². The molecule has 0 N–H and O–H groups in total. The van der Waals surface area contributed by atoms with Gasteiger partial charge in [-0.25, -0.2) is 0 Å². The van der Waals surface area contributed by atoms with Crippen LogP contribution in [-0.2, 0) is 11.2 Å². The smallest absolute Gasteiger partial charge is 0.298 e. The Kier molecular flexibility index (Phi) is 10.4. The van der Waals surface area contributed by atoms with E-state index in [0.717, 1.165) is 16.7 Å². The summed E-state index contributed by atoms with van der Waals surface area (Å²) in [5.74, 6) is -0.0195. The zero-order valence-electron chi connectivity index (χ0n) is 22.6. The lowest BCUT2D eigenvalue weighted by Gasteiger charge is -2.30. The maximum atomic E-state index is 13.7. The number of benzene rings is 3. The third-order valence-corrected chi connectivity index (χ3v) is 6.72. The van der Waals surface area contributed by atoms with E-state index < -0.39 is 0 Å². The molecule has 0 spiro atoms. The minimum atomic E-state index is -0.284. The first kappa shape index (κ1) is 28.4. The average molecular weight is 513 g/mol. The number of aryl methyl sites for hydroxylation is 1. The number of nitrogens with zero attached hydrogens (tertiary/aromatic N) is 2. The third kappa shape index (κ3) is 6.76. The van der Waals surface area contributed by atoms with Crippen molar-refractivity contribution in [2.75, 3.05) is 20.1 Å². The second kappa shape index (κ2) is 13.9. The normalized spacial score (nSPS) is 11.7. The first-order valence-corrected chi connectivity index (χ1v) is 13.0. The molecule has 0 bridgehead atoms. The molecule has 0 radical (unpaired) electrons. The molecule has 198 valence electrons. The molecular weight excluding hydrogens is 476 g/mol. The molecule has 0 aliphatic heterocycles. The fourth-order valence-electron chi connectivity index (χ4n) is 4.70. The number of allylic oxidation sites excluding steroid dienone is 1. The number of rotatable bonds is 12. The van der Waals surface area contributed by atoms with E-state index in [1.807, 2.05) is 80.3 Å². The number of hydrogen-bond donors (Lipinski definition) is 0. The molecule has 3 rings (SSSR count). The van der Waals surface area contributed by atoms with Crippen LogP contribution in [0.5, 0.6) is 5.75 Å². The van der Waals surface area contributed by atoms with Gasteiger partial charge in [0.15, 0.2) is 0 Å². The number of para-hydroxylation sites is 1. The Morgan fingerprint density at radius 3 is 2.26 bits per heavy atom. The highest BCUT2D eigenvalue weighted by atomic mass is 16.5. The summed E-state index contributed by atoms with van der Waals surface area (Å²) in [6.45, 7) is 7.53. The Morgan fingerprint density at radius 1 is 0.895 bits per heavy atom. The predicted molar refractivity (Wildman–Crippen MR) is 151 cm³/mol. The van der Waals surface area contributed by atoms with Gasteiger partial charge < -0.3 is 14.5 Å². The van der Waals surface area contributed by atoms with Crippen molar-refractivity contribution in [2.24, 2.45) is 0 Å². The van der Waals surface area contributed by atoms with Crippen molar-refractivity contribution in [3.63, 3.8) is 0 Å². The summed E-state index contributed by atoms with van der Waals surface area (Å²) in [7, 11) is 1.76. The predicted octanol–water partition coefficient (Wildman–Crippen LogP) is 6.18. The van der Waals surface area contributed by atoms with Crippen LogP contribution in [0.1, 0.15) is 70.6 Å². The maximum Gasteiger partial charge on any atom is 0.298 e. The number of ether oxygens (including phenoxy) is 1. The maximum absolute atomic E-state index is 13.7. The Labute approximate surface area is 225 Å². The summed E-state index contributed by atoms with van der Waals surface area (Å²) in [6.07, 6.45) is 5.20. The average Bonchev–Trinajstić information content (AvgIpc) is 2.94. The summed E-state index contributed by atoms with van der Waals surface area (Å²) in [4.78, 5) is 41.4. The fourth-order valence-corrected chi connectivity index (χ4v) is 4.70. The molecule has 3 aromatic rings. The Balaban J connectivity index is 1.98. The lowest BCUT2D eigenvalue weighted by molar-refractivity contribution is -0.120. The Morgan fingerprint density at radius 2 is 1.58 bits per heavy atom. The van der Waals surface area contributed by atoms with E-state index in [9.17, 15) is 14.4 Å². The molecule has 0 heterocycles. The Bertz CT molecular complexity index is 1280. The fraction of sp³-hybridized carbons (Fsp3) is 0.281. The second-order valence-corrected chi connectivity index (χ2v) is 8.99. The molecule has 38 heavy (non-hydrogen) atoms. The summed E-state index contributed by atoms with van der Waals surface area (Å²) in [5, 5.41) is 0. The molecule has 0 saturated heterocycles. The molecule has 2 amide bonds. The van der Waals surface area contributed by atoms with Gasteiger partial charge in [0.25, 0.3) is 18.3 Å². The van der Waals surface area contributed by atoms with E-state index in [-0.39, 0.29) is 23.6 Å². The summed E-state index contributed by atoms with van der Waals surface area (Å²) in [6, 6.07) is 22.2. The Hall–Kier alpha value is -4.19. The molecule has 1 unspecified atom stereocenters. The van der Waals surface area contributed by atoms with Gasteiger partial charge in [-0.15, -0.1) is 0 Å². The van der Waals surface area contributed by atoms with Crippen LogP contribution in [0.25, 0.3) is 6.08 Å². The van der Waals surface area contributed by atoms with Crippen LogP contribution in [0.15, 0.2) is 78.9 Å². The zero-order valence-corrected chi connectivity index (χ0v) is 22.6. The van der Waals surface area contributed by atoms with Crippen LogP contribution in [0.4, 0.5) is 0 Å². The molecule has 0 aliphatic carbocycles. The van der Waals surface area contributed by atoms with Crippen LogP contribution in [-0.4, -0.2) is 48.2 Å². The molecule has 0 aliphatic rings. The highest BCUT2D eigenvalue weighted by molar-refractivity contribution is 5.97. The molecule has 0 saturated carbocycles. The molecule has 0 aromatic heterocycles. The van der Waals surface area contributed by atoms with Gasteiger partial charge in [0, 0.05) is 25.7 Å². The van der Waals surface area contributed by atoms with Gasteiger partial charge in [-0.3, -0.25) is 14.4 Å². The van der Waals surface area contributed by atoms with Crippen molar-refractivity contribution >= 4 is 24.4 Å². The van der Waals surface area contributed by atoms with Crippen molar-refractivity contribution in [2.45, 2.75) is 39.7 Å². The minimum Gasteiger partial charge on any atom is -0.428 e. The lowest BCUT2D eigenvalue weighted by atomic mass is 9.93. The molecule has 1 atom stereocenters. The quantitative estimate of drug-likeness (QED) is 0.272. The molecule has 0 fully saturated rings. The van der Waals surface area contributed by atoms with Gasteiger partial charge in [0.05, 0.1) is 11.6 Å². The van der Waals surface area contributed by atoms with Gasteiger partial charge in [-0.2, -0.15) is 0 Å². The van der Waals surface area contributed by atoms with E-state index in [2.05, 4.69) is 6.07 Å². The minimum absolute atomic E-state index is 0.0154. The first-order valence-electron chi connectivity index (χ1n) is 13.0. The third-order valence-electron chi connectivity index (χ3n) is 6.72. The van der Waals surface area contributed by atoms with E-state index in [1.54, 1.807) is 36.2 Å². The van der Waals surface area contributed by atoms with E-state index in [0.29, 0.717) is 43.5 Å². The van der Waals surface area contributed by atoms with Crippen molar-refractivity contribution in [1.82, 2.24) is 9.80 Å². The number of amides is 2. The summed E-state index contributed by atoms with van der Waals surface area (Å²) >= 11 is 0.